The van der Waals surface area contributed by atoms with E-state index in [0.29, 0.717) is 0 Å². The van der Waals surface area contributed by atoms with Crippen LogP contribution in [0, 0.1) is 0 Å². The first kappa shape index (κ1) is 15.5. The summed E-state index contributed by atoms with van der Waals surface area (Å²) in [7, 11) is 6.14. The molecule has 6 rings (SSSR count). The van der Waals surface area contributed by atoms with Crippen molar-refractivity contribution in [1.29, 1.82) is 0 Å². The summed E-state index contributed by atoms with van der Waals surface area (Å²) in [5.74, 6) is 0. The summed E-state index contributed by atoms with van der Waals surface area (Å²) in [5, 5.41) is 7.40. The highest BCUT2D eigenvalue weighted by atomic mass is 15.0. The fourth-order valence-corrected chi connectivity index (χ4v) is 4.32. The Morgan fingerprint density at radius 3 is 1.93 bits per heavy atom. The molecule has 1 heterocycles. The van der Waals surface area contributed by atoms with E-state index in [1.54, 1.807) is 0 Å². The zero-order valence-electron chi connectivity index (χ0n) is 15.3. The first-order valence-electron chi connectivity index (χ1n) is 9.49. The average molecular weight is 353 g/mol. The van der Waals surface area contributed by atoms with E-state index in [-0.39, 0.29) is 0 Å². The molecule has 2 radical (unpaired) electrons. The van der Waals surface area contributed by atoms with Crippen LogP contribution in [0.1, 0.15) is 0 Å². The number of hydrogen-bond donors (Lipinski definition) is 0. The molecule has 0 saturated heterocycles. The molecule has 0 aliphatic heterocycles. The molecule has 128 valence electrons. The Labute approximate surface area is 164 Å². The highest BCUT2D eigenvalue weighted by molar-refractivity contribution is 6.34. The molecule has 0 spiro atoms. The fourth-order valence-electron chi connectivity index (χ4n) is 4.32. The van der Waals surface area contributed by atoms with Gasteiger partial charge in [0.2, 0.25) is 0 Å². The normalized spacial score (nSPS) is 11.7. The van der Waals surface area contributed by atoms with Crippen LogP contribution < -0.4 is 5.46 Å². The van der Waals surface area contributed by atoms with Crippen molar-refractivity contribution < 1.29 is 0 Å². The van der Waals surface area contributed by atoms with E-state index in [4.69, 9.17) is 7.85 Å². The van der Waals surface area contributed by atoms with Crippen molar-refractivity contribution in [2.24, 2.45) is 0 Å². The minimum atomic E-state index is 0.790. The lowest BCUT2D eigenvalue weighted by Gasteiger charge is -2.10. The number of rotatable bonds is 1. The third-order valence-electron chi connectivity index (χ3n) is 5.65. The highest BCUT2D eigenvalue weighted by Crippen LogP contribution is 2.35. The van der Waals surface area contributed by atoms with Gasteiger partial charge in [-0.25, -0.2) is 0 Å². The van der Waals surface area contributed by atoms with Gasteiger partial charge in [-0.3, -0.25) is 0 Å². The zero-order valence-corrected chi connectivity index (χ0v) is 15.3. The molecule has 1 nitrogen and oxygen atoms in total. The quantitative estimate of drug-likeness (QED) is 0.325. The van der Waals surface area contributed by atoms with Crippen LogP contribution in [0.4, 0.5) is 0 Å². The minimum absolute atomic E-state index is 0.790. The molecular weight excluding hydrogens is 337 g/mol. The van der Waals surface area contributed by atoms with Gasteiger partial charge in [-0.15, -0.1) is 0 Å². The summed E-state index contributed by atoms with van der Waals surface area (Å²) in [6.07, 6.45) is 0. The maximum Gasteiger partial charge on any atom is 0.113 e. The smallest absolute Gasteiger partial charge is 0.113 e. The third-order valence-corrected chi connectivity index (χ3v) is 5.65. The standard InChI is InChI=1S/C26H16BN/c27-21-10-12-25-24(16-21)23-14-19-7-3-4-8-20(19)15-26(23)28(25)22-11-9-17-5-1-2-6-18(17)13-22/h1-16H. The Balaban J connectivity index is 1.79. The van der Waals surface area contributed by atoms with Crippen molar-refractivity contribution in [3.8, 4) is 5.69 Å². The van der Waals surface area contributed by atoms with Crippen molar-refractivity contribution >= 4 is 56.7 Å². The Morgan fingerprint density at radius 2 is 1.14 bits per heavy atom. The number of aromatic nitrogens is 1. The van der Waals surface area contributed by atoms with Crippen molar-refractivity contribution in [2.45, 2.75) is 0 Å². The van der Waals surface area contributed by atoms with Crippen molar-refractivity contribution in [3.63, 3.8) is 0 Å². The molecule has 0 fully saturated rings. The van der Waals surface area contributed by atoms with Gasteiger partial charge in [0, 0.05) is 16.5 Å². The van der Waals surface area contributed by atoms with Gasteiger partial charge in [0.1, 0.15) is 7.85 Å². The van der Waals surface area contributed by atoms with E-state index in [0.717, 1.165) is 5.46 Å². The molecular formula is C26H16BN. The molecule has 0 unspecified atom stereocenters. The van der Waals surface area contributed by atoms with Crippen molar-refractivity contribution in [3.05, 3.63) is 97.1 Å². The zero-order chi connectivity index (χ0) is 18.7. The van der Waals surface area contributed by atoms with Gasteiger partial charge in [0.05, 0.1) is 11.0 Å². The van der Waals surface area contributed by atoms with Crippen LogP contribution in [0.2, 0.25) is 0 Å². The van der Waals surface area contributed by atoms with E-state index in [1.807, 2.05) is 6.07 Å². The monoisotopic (exact) mass is 353 g/mol. The SMILES string of the molecule is [B]c1ccc2c(c1)c1cc3ccccc3cc1n2-c1ccc2ccccc2c1. The Hall–Kier alpha value is -3.52. The molecule has 0 aliphatic carbocycles. The second kappa shape index (κ2) is 5.74. The van der Waals surface area contributed by atoms with Crippen LogP contribution in [0.25, 0.3) is 49.0 Å². The van der Waals surface area contributed by atoms with Gasteiger partial charge in [-0.2, -0.15) is 0 Å². The molecule has 0 amide bonds. The maximum atomic E-state index is 6.14. The van der Waals surface area contributed by atoms with Gasteiger partial charge < -0.3 is 4.57 Å². The molecule has 0 atom stereocenters. The van der Waals surface area contributed by atoms with E-state index in [2.05, 4.69) is 95.6 Å². The van der Waals surface area contributed by atoms with E-state index in [9.17, 15) is 0 Å². The molecule has 5 aromatic carbocycles. The van der Waals surface area contributed by atoms with Gasteiger partial charge in [0.15, 0.2) is 0 Å². The minimum Gasteiger partial charge on any atom is -0.309 e. The van der Waals surface area contributed by atoms with E-state index >= 15 is 0 Å². The van der Waals surface area contributed by atoms with Crippen LogP contribution in [-0.2, 0) is 0 Å². The van der Waals surface area contributed by atoms with Crippen LogP contribution >= 0.6 is 0 Å². The van der Waals surface area contributed by atoms with Crippen molar-refractivity contribution in [2.75, 3.05) is 0 Å². The van der Waals surface area contributed by atoms with E-state index in [1.165, 1.54) is 49.0 Å². The Morgan fingerprint density at radius 1 is 0.500 bits per heavy atom. The molecule has 28 heavy (non-hydrogen) atoms. The van der Waals surface area contributed by atoms with Gasteiger partial charge >= 0.3 is 0 Å². The number of fused-ring (bicyclic) bond motifs is 5. The van der Waals surface area contributed by atoms with E-state index < -0.39 is 0 Å². The van der Waals surface area contributed by atoms with Crippen LogP contribution in [0.15, 0.2) is 97.1 Å². The molecule has 0 saturated carbocycles. The molecule has 2 heteroatoms. The summed E-state index contributed by atoms with van der Waals surface area (Å²) < 4.78 is 2.35. The largest absolute Gasteiger partial charge is 0.309 e. The Bertz CT molecular complexity index is 1520. The lowest BCUT2D eigenvalue weighted by atomic mass is 9.94. The Kier molecular flexibility index (Phi) is 3.18. The van der Waals surface area contributed by atoms with Gasteiger partial charge in [-0.1, -0.05) is 72.2 Å². The number of benzene rings is 5. The summed E-state index contributed by atoms with van der Waals surface area (Å²) >= 11 is 0. The van der Waals surface area contributed by atoms with Crippen LogP contribution in [0.5, 0.6) is 0 Å². The predicted octanol–water partition coefficient (Wildman–Crippen LogP) is 5.88. The molecule has 0 aliphatic rings. The summed E-state index contributed by atoms with van der Waals surface area (Å²) in [6, 6.07) is 34.4. The maximum absolute atomic E-state index is 6.14. The van der Waals surface area contributed by atoms with Gasteiger partial charge in [-0.05, 0) is 51.9 Å². The molecule has 6 aromatic rings. The number of hydrogen-bond acceptors (Lipinski definition) is 0. The molecule has 0 bridgehead atoms. The lowest BCUT2D eigenvalue weighted by Crippen LogP contribution is -2.00. The third kappa shape index (κ3) is 2.21. The average Bonchev–Trinajstić information content (AvgIpc) is 3.04. The second-order valence-corrected chi connectivity index (χ2v) is 7.36. The molecule has 0 N–H and O–H groups in total. The van der Waals surface area contributed by atoms with Crippen LogP contribution in [0.3, 0.4) is 0 Å². The lowest BCUT2D eigenvalue weighted by molar-refractivity contribution is 1.19. The summed E-state index contributed by atoms with van der Waals surface area (Å²) in [6.45, 7) is 0. The summed E-state index contributed by atoms with van der Waals surface area (Å²) in [4.78, 5) is 0. The fraction of sp³-hybridized carbons (Fsp3) is 0. The number of nitrogens with zero attached hydrogens (tertiary/aromatic N) is 1. The van der Waals surface area contributed by atoms with Gasteiger partial charge in [0.25, 0.3) is 0 Å². The predicted molar refractivity (Wildman–Crippen MR) is 121 cm³/mol. The first-order chi connectivity index (χ1) is 13.8. The summed E-state index contributed by atoms with van der Waals surface area (Å²) in [5.41, 5.74) is 4.33. The van der Waals surface area contributed by atoms with Crippen LogP contribution in [-0.4, -0.2) is 12.4 Å². The topological polar surface area (TPSA) is 4.93 Å². The second-order valence-electron chi connectivity index (χ2n) is 7.36. The van der Waals surface area contributed by atoms with Crippen molar-refractivity contribution in [1.82, 2.24) is 4.57 Å². The highest BCUT2D eigenvalue weighted by Gasteiger charge is 2.13. The molecule has 1 aromatic heterocycles. The first-order valence-corrected chi connectivity index (χ1v) is 9.49.